The van der Waals surface area contributed by atoms with Crippen LogP contribution in [0.25, 0.3) is 0 Å². The number of halogens is 1. The molecule has 0 spiro atoms. The Kier molecular flexibility index (Phi) is 4.82. The Balaban J connectivity index is 0.00000144. The summed E-state index contributed by atoms with van der Waals surface area (Å²) in [5.74, 6) is 0.878. The molecular weight excluding hydrogens is 236 g/mol. The van der Waals surface area contributed by atoms with Crippen LogP contribution in [0.4, 0.5) is 5.69 Å². The van der Waals surface area contributed by atoms with Gasteiger partial charge in [0.15, 0.2) is 0 Å². The molecule has 1 amide bonds. The first-order valence-corrected chi connectivity index (χ1v) is 5.77. The molecule has 0 atom stereocenters. The highest BCUT2D eigenvalue weighted by Crippen LogP contribution is 2.26. The van der Waals surface area contributed by atoms with E-state index in [0.29, 0.717) is 12.5 Å². The number of anilines is 1. The van der Waals surface area contributed by atoms with Gasteiger partial charge in [-0.3, -0.25) is 4.79 Å². The molecule has 0 saturated heterocycles. The molecule has 0 aliphatic heterocycles. The number of carbonyl (C=O) groups is 1. The summed E-state index contributed by atoms with van der Waals surface area (Å²) in [6, 6.07) is 7.86. The highest BCUT2D eigenvalue weighted by Gasteiger charge is 2.26. The summed E-state index contributed by atoms with van der Waals surface area (Å²) in [4.78, 5) is 11.7. The van der Waals surface area contributed by atoms with Crippen LogP contribution in [0.3, 0.4) is 0 Å². The quantitative estimate of drug-likeness (QED) is 0.812. The zero-order valence-electron chi connectivity index (χ0n) is 9.98. The van der Waals surface area contributed by atoms with E-state index in [2.05, 4.69) is 12.2 Å². The molecule has 1 aromatic rings. The molecule has 0 bridgehead atoms. The van der Waals surface area contributed by atoms with Crippen molar-refractivity contribution in [1.29, 1.82) is 0 Å². The van der Waals surface area contributed by atoms with Gasteiger partial charge in [0.2, 0.25) is 5.91 Å². The lowest BCUT2D eigenvalue weighted by Crippen LogP contribution is -2.43. The van der Waals surface area contributed by atoms with E-state index in [1.807, 2.05) is 24.3 Å². The van der Waals surface area contributed by atoms with Crippen LogP contribution in [-0.2, 0) is 11.2 Å². The Labute approximate surface area is 108 Å². The molecule has 3 N–H and O–H groups in total. The van der Waals surface area contributed by atoms with Crippen molar-refractivity contribution < 1.29 is 4.79 Å². The molecule has 3 nitrogen and oxygen atoms in total. The molecule has 94 valence electrons. The third kappa shape index (κ3) is 3.93. The predicted molar refractivity (Wildman–Crippen MR) is 72.1 cm³/mol. The highest BCUT2D eigenvalue weighted by atomic mass is 35.5. The minimum absolute atomic E-state index is 0. The molecule has 0 unspecified atom stereocenters. The van der Waals surface area contributed by atoms with Crippen molar-refractivity contribution >= 4 is 24.0 Å². The van der Waals surface area contributed by atoms with Gasteiger partial charge in [0.25, 0.3) is 0 Å². The maximum absolute atomic E-state index is 11.7. The summed E-state index contributed by atoms with van der Waals surface area (Å²) in [5.41, 5.74) is 7.33. The van der Waals surface area contributed by atoms with Crippen LogP contribution in [0.5, 0.6) is 0 Å². The first-order valence-electron chi connectivity index (χ1n) is 5.77. The fraction of sp³-hybridized carbons (Fsp3) is 0.462. The number of amides is 1. The van der Waals surface area contributed by atoms with Crippen molar-refractivity contribution in [2.75, 3.05) is 5.73 Å². The normalized spacial score (nSPS) is 22.2. The highest BCUT2D eigenvalue weighted by molar-refractivity contribution is 5.85. The predicted octanol–water partition coefficient (Wildman–Crippen LogP) is 2.15. The van der Waals surface area contributed by atoms with E-state index in [9.17, 15) is 4.79 Å². The smallest absolute Gasteiger partial charge is 0.224 e. The van der Waals surface area contributed by atoms with Crippen molar-refractivity contribution in [3.8, 4) is 0 Å². The van der Waals surface area contributed by atoms with Crippen LogP contribution < -0.4 is 11.1 Å². The molecule has 0 radical (unpaired) electrons. The zero-order valence-corrected chi connectivity index (χ0v) is 10.8. The van der Waals surface area contributed by atoms with E-state index in [0.717, 1.165) is 30.0 Å². The topological polar surface area (TPSA) is 55.1 Å². The second-order valence-electron chi connectivity index (χ2n) is 4.76. The Hall–Kier alpha value is -1.22. The fourth-order valence-electron chi connectivity index (χ4n) is 2.12. The SMILES string of the molecule is CC1CC(NC(=O)Cc2ccc(N)cc2)C1.Cl. The molecule has 17 heavy (non-hydrogen) atoms. The number of rotatable bonds is 3. The van der Waals surface area contributed by atoms with Gasteiger partial charge in [-0.05, 0) is 36.5 Å². The van der Waals surface area contributed by atoms with Gasteiger partial charge in [-0.15, -0.1) is 12.4 Å². The van der Waals surface area contributed by atoms with Gasteiger partial charge in [0.05, 0.1) is 6.42 Å². The van der Waals surface area contributed by atoms with Crippen molar-refractivity contribution in [2.24, 2.45) is 5.92 Å². The van der Waals surface area contributed by atoms with E-state index in [1.165, 1.54) is 0 Å². The summed E-state index contributed by atoms with van der Waals surface area (Å²) in [5, 5.41) is 3.04. The van der Waals surface area contributed by atoms with E-state index < -0.39 is 0 Å². The molecule has 1 aliphatic carbocycles. The van der Waals surface area contributed by atoms with Crippen LogP contribution >= 0.6 is 12.4 Å². The van der Waals surface area contributed by atoms with Crippen LogP contribution in [0.2, 0.25) is 0 Å². The number of nitrogens with one attached hydrogen (secondary N) is 1. The average Bonchev–Trinajstić information content (AvgIpc) is 2.19. The Morgan fingerprint density at radius 1 is 1.35 bits per heavy atom. The largest absolute Gasteiger partial charge is 0.399 e. The van der Waals surface area contributed by atoms with Crippen LogP contribution in [0.1, 0.15) is 25.3 Å². The Morgan fingerprint density at radius 3 is 2.47 bits per heavy atom. The summed E-state index contributed by atoms with van der Waals surface area (Å²) < 4.78 is 0. The number of nitrogen functional groups attached to an aromatic ring is 1. The standard InChI is InChI=1S/C13H18N2O.ClH/c1-9-6-12(7-9)15-13(16)8-10-2-4-11(14)5-3-10;/h2-5,9,12H,6-8,14H2,1H3,(H,15,16);1H. The second-order valence-corrected chi connectivity index (χ2v) is 4.76. The van der Waals surface area contributed by atoms with Crippen molar-refractivity contribution in [3.63, 3.8) is 0 Å². The van der Waals surface area contributed by atoms with Crippen molar-refractivity contribution in [1.82, 2.24) is 5.32 Å². The minimum Gasteiger partial charge on any atom is -0.399 e. The maximum atomic E-state index is 11.7. The molecule has 2 rings (SSSR count). The van der Waals surface area contributed by atoms with Gasteiger partial charge in [-0.25, -0.2) is 0 Å². The minimum atomic E-state index is 0. The van der Waals surface area contributed by atoms with Gasteiger partial charge in [-0.1, -0.05) is 19.1 Å². The first kappa shape index (κ1) is 13.8. The molecule has 1 saturated carbocycles. The van der Waals surface area contributed by atoms with Gasteiger partial charge in [0, 0.05) is 11.7 Å². The summed E-state index contributed by atoms with van der Waals surface area (Å²) >= 11 is 0. The lowest BCUT2D eigenvalue weighted by atomic mass is 9.82. The van der Waals surface area contributed by atoms with Crippen LogP contribution in [0, 0.1) is 5.92 Å². The Morgan fingerprint density at radius 2 is 1.94 bits per heavy atom. The van der Waals surface area contributed by atoms with Crippen molar-refractivity contribution in [2.45, 2.75) is 32.2 Å². The number of hydrogen-bond donors (Lipinski definition) is 2. The molecular formula is C13H19ClN2O. The monoisotopic (exact) mass is 254 g/mol. The van der Waals surface area contributed by atoms with Gasteiger partial charge in [0.1, 0.15) is 0 Å². The zero-order chi connectivity index (χ0) is 11.5. The van der Waals surface area contributed by atoms with Gasteiger partial charge >= 0.3 is 0 Å². The second kappa shape index (κ2) is 5.92. The number of nitrogens with two attached hydrogens (primary N) is 1. The van der Waals surface area contributed by atoms with Crippen molar-refractivity contribution in [3.05, 3.63) is 29.8 Å². The third-order valence-corrected chi connectivity index (χ3v) is 3.08. The lowest BCUT2D eigenvalue weighted by Gasteiger charge is -2.33. The van der Waals surface area contributed by atoms with Gasteiger partial charge < -0.3 is 11.1 Å². The summed E-state index contributed by atoms with van der Waals surface area (Å²) in [6.45, 7) is 2.21. The van der Waals surface area contributed by atoms with E-state index >= 15 is 0 Å². The molecule has 1 aliphatic rings. The number of carbonyl (C=O) groups excluding carboxylic acids is 1. The lowest BCUT2D eigenvalue weighted by molar-refractivity contribution is -0.121. The fourth-order valence-corrected chi connectivity index (χ4v) is 2.12. The Bertz CT molecular complexity index is 372. The summed E-state index contributed by atoms with van der Waals surface area (Å²) in [7, 11) is 0. The van der Waals surface area contributed by atoms with E-state index in [4.69, 9.17) is 5.73 Å². The van der Waals surface area contributed by atoms with E-state index in [-0.39, 0.29) is 18.3 Å². The molecule has 4 heteroatoms. The van der Waals surface area contributed by atoms with Gasteiger partial charge in [-0.2, -0.15) is 0 Å². The van der Waals surface area contributed by atoms with Crippen LogP contribution in [-0.4, -0.2) is 11.9 Å². The van der Waals surface area contributed by atoms with Crippen LogP contribution in [0.15, 0.2) is 24.3 Å². The molecule has 0 aromatic heterocycles. The maximum Gasteiger partial charge on any atom is 0.224 e. The van der Waals surface area contributed by atoms with E-state index in [1.54, 1.807) is 0 Å². The average molecular weight is 255 g/mol. The molecule has 1 fully saturated rings. The summed E-state index contributed by atoms with van der Waals surface area (Å²) in [6.07, 6.45) is 2.69. The first-order chi connectivity index (χ1) is 7.63. The number of benzene rings is 1. The third-order valence-electron chi connectivity index (χ3n) is 3.08. The number of hydrogen-bond acceptors (Lipinski definition) is 2. The molecule has 1 aromatic carbocycles. The molecule has 0 heterocycles.